The predicted octanol–water partition coefficient (Wildman–Crippen LogP) is 2.93. The molecule has 0 bridgehead atoms. The van der Waals surface area contributed by atoms with E-state index in [1.54, 1.807) is 0 Å². The molecule has 4 heteroatoms. The molecule has 0 rings (SSSR count). The number of carbonyl (C=O) groups is 1. The van der Waals surface area contributed by atoms with Gasteiger partial charge in [-0.15, -0.1) is 0 Å². The monoisotopic (exact) mass is 261 g/mol. The normalized spacial score (nSPS) is 9.72. The van der Waals surface area contributed by atoms with Crippen molar-refractivity contribution in [1.29, 1.82) is 0 Å². The summed E-state index contributed by atoms with van der Waals surface area (Å²) in [6.45, 7) is 2.35. The molecule has 4 nitrogen and oxygen atoms in total. The summed E-state index contributed by atoms with van der Waals surface area (Å²) in [4.78, 5) is 9.24. The molecule has 0 aromatic heterocycles. The third-order valence-corrected chi connectivity index (χ3v) is 2.69. The van der Waals surface area contributed by atoms with E-state index in [0.29, 0.717) is 6.61 Å². The molecule has 0 radical (unpaired) electrons. The van der Waals surface area contributed by atoms with Crippen molar-refractivity contribution in [2.24, 2.45) is 5.73 Å². The Hall–Kier alpha value is -0.610. The Balaban J connectivity index is 0. The molecule has 0 aliphatic rings. The van der Waals surface area contributed by atoms with E-state index in [1.807, 2.05) is 0 Å². The van der Waals surface area contributed by atoms with Gasteiger partial charge in [0.15, 0.2) is 0 Å². The van der Waals surface area contributed by atoms with Gasteiger partial charge in [0.05, 0.1) is 6.54 Å². The lowest BCUT2D eigenvalue weighted by Gasteiger charge is -2.00. The standard InChI is InChI=1S/C12H26O.C2H5NO2/c1-2-3-4-5-6-7-8-9-10-11-12-13;3-1-2(4)5/h13H,2-12H2,1H3;1,3H2,(H,4,5). The van der Waals surface area contributed by atoms with Crippen LogP contribution >= 0.6 is 0 Å². The molecule has 0 saturated heterocycles. The van der Waals surface area contributed by atoms with E-state index in [4.69, 9.17) is 10.2 Å². The quantitative estimate of drug-likeness (QED) is 0.499. The van der Waals surface area contributed by atoms with Crippen molar-refractivity contribution < 1.29 is 15.0 Å². The first-order valence-corrected chi connectivity index (χ1v) is 7.21. The van der Waals surface area contributed by atoms with E-state index in [-0.39, 0.29) is 6.54 Å². The van der Waals surface area contributed by atoms with Gasteiger partial charge >= 0.3 is 5.97 Å². The first-order chi connectivity index (χ1) is 8.68. The fourth-order valence-electron chi connectivity index (χ4n) is 1.60. The molecule has 0 amide bonds. The molecule has 0 spiro atoms. The van der Waals surface area contributed by atoms with Crippen LogP contribution in [0.25, 0.3) is 0 Å². The first-order valence-electron chi connectivity index (χ1n) is 7.21. The highest BCUT2D eigenvalue weighted by atomic mass is 16.4. The highest BCUT2D eigenvalue weighted by molar-refractivity contribution is 5.68. The zero-order chi connectivity index (χ0) is 14.1. The Kier molecular flexibility index (Phi) is 20.5. The van der Waals surface area contributed by atoms with Crippen molar-refractivity contribution in [2.75, 3.05) is 13.2 Å². The molecule has 18 heavy (non-hydrogen) atoms. The van der Waals surface area contributed by atoms with Crippen molar-refractivity contribution >= 4 is 5.97 Å². The minimum atomic E-state index is -0.968. The Morgan fingerprint density at radius 2 is 1.22 bits per heavy atom. The fourth-order valence-corrected chi connectivity index (χ4v) is 1.60. The Morgan fingerprint density at radius 1 is 0.889 bits per heavy atom. The average molecular weight is 261 g/mol. The van der Waals surface area contributed by atoms with Crippen molar-refractivity contribution in [3.05, 3.63) is 0 Å². The summed E-state index contributed by atoms with van der Waals surface area (Å²) in [5.41, 5.74) is 4.57. The lowest BCUT2D eigenvalue weighted by atomic mass is 10.1. The van der Waals surface area contributed by atoms with Gasteiger partial charge in [0.1, 0.15) is 0 Å². The van der Waals surface area contributed by atoms with Crippen molar-refractivity contribution in [1.82, 2.24) is 0 Å². The molecule has 0 atom stereocenters. The molecule has 0 aromatic carbocycles. The van der Waals surface area contributed by atoms with Gasteiger partial charge in [0.25, 0.3) is 0 Å². The molecular formula is C14H31NO3. The molecule has 0 fully saturated rings. The summed E-state index contributed by atoms with van der Waals surface area (Å²) in [7, 11) is 0. The fraction of sp³-hybridized carbons (Fsp3) is 0.929. The van der Waals surface area contributed by atoms with Gasteiger partial charge in [0.2, 0.25) is 0 Å². The van der Waals surface area contributed by atoms with Crippen LogP contribution in [0.15, 0.2) is 0 Å². The van der Waals surface area contributed by atoms with Crippen molar-refractivity contribution in [3.63, 3.8) is 0 Å². The number of aliphatic carboxylic acids is 1. The van der Waals surface area contributed by atoms with Crippen molar-refractivity contribution in [3.8, 4) is 0 Å². The number of aliphatic hydroxyl groups is 1. The number of rotatable bonds is 11. The maximum atomic E-state index is 9.24. The molecule has 0 saturated carbocycles. The van der Waals surface area contributed by atoms with Crippen molar-refractivity contribution in [2.45, 2.75) is 71.1 Å². The van der Waals surface area contributed by atoms with Crippen LogP contribution in [0.3, 0.4) is 0 Å². The van der Waals surface area contributed by atoms with Crippen LogP contribution in [-0.4, -0.2) is 29.3 Å². The molecule has 4 N–H and O–H groups in total. The molecule has 0 aliphatic heterocycles. The van der Waals surface area contributed by atoms with Gasteiger partial charge in [-0.05, 0) is 6.42 Å². The van der Waals surface area contributed by atoms with Gasteiger partial charge in [-0.2, -0.15) is 0 Å². The lowest BCUT2D eigenvalue weighted by Crippen LogP contribution is -2.10. The number of hydrogen-bond donors (Lipinski definition) is 3. The zero-order valence-corrected chi connectivity index (χ0v) is 11.9. The number of aliphatic hydroxyl groups excluding tert-OH is 1. The highest BCUT2D eigenvalue weighted by Crippen LogP contribution is 2.09. The van der Waals surface area contributed by atoms with E-state index in [0.717, 1.165) is 6.42 Å². The predicted molar refractivity (Wildman–Crippen MR) is 75.6 cm³/mol. The van der Waals surface area contributed by atoms with E-state index in [9.17, 15) is 4.79 Å². The first kappa shape index (κ1) is 19.7. The number of hydrogen-bond acceptors (Lipinski definition) is 3. The summed E-state index contributed by atoms with van der Waals surface area (Å²) in [5.74, 6) is -0.968. The second kappa shape index (κ2) is 18.7. The SMILES string of the molecule is CCCCCCCCCCCCO.NCC(=O)O. The van der Waals surface area contributed by atoms with E-state index < -0.39 is 5.97 Å². The van der Waals surface area contributed by atoms with Gasteiger partial charge in [-0.1, -0.05) is 64.7 Å². The molecule has 0 aromatic rings. The van der Waals surface area contributed by atoms with Gasteiger partial charge in [0, 0.05) is 6.61 Å². The number of nitrogens with two attached hydrogens (primary N) is 1. The molecule has 0 heterocycles. The molecular weight excluding hydrogens is 230 g/mol. The zero-order valence-electron chi connectivity index (χ0n) is 11.9. The van der Waals surface area contributed by atoms with E-state index in [1.165, 1.54) is 57.8 Å². The smallest absolute Gasteiger partial charge is 0.317 e. The Morgan fingerprint density at radius 3 is 1.50 bits per heavy atom. The summed E-state index contributed by atoms with van der Waals surface area (Å²) >= 11 is 0. The van der Waals surface area contributed by atoms with Gasteiger partial charge in [-0.25, -0.2) is 0 Å². The summed E-state index contributed by atoms with van der Waals surface area (Å²) in [5, 5.41) is 16.2. The molecule has 110 valence electrons. The largest absolute Gasteiger partial charge is 0.480 e. The van der Waals surface area contributed by atoms with Gasteiger partial charge < -0.3 is 15.9 Å². The third kappa shape index (κ3) is 24.6. The van der Waals surface area contributed by atoms with Crippen LogP contribution in [0.2, 0.25) is 0 Å². The van der Waals surface area contributed by atoms with Crippen LogP contribution < -0.4 is 5.73 Å². The van der Waals surface area contributed by atoms with Crippen LogP contribution in [0.5, 0.6) is 0 Å². The molecule has 0 unspecified atom stereocenters. The van der Waals surface area contributed by atoms with E-state index in [2.05, 4.69) is 12.7 Å². The third-order valence-electron chi connectivity index (χ3n) is 2.69. The Bertz CT molecular complexity index is 153. The topological polar surface area (TPSA) is 83.5 Å². The van der Waals surface area contributed by atoms with E-state index >= 15 is 0 Å². The average Bonchev–Trinajstić information content (AvgIpc) is 2.37. The van der Waals surface area contributed by atoms with Crippen LogP contribution in [0, 0.1) is 0 Å². The second-order valence-electron chi connectivity index (χ2n) is 4.50. The minimum Gasteiger partial charge on any atom is -0.480 e. The maximum Gasteiger partial charge on any atom is 0.317 e. The lowest BCUT2D eigenvalue weighted by molar-refractivity contribution is -0.135. The highest BCUT2D eigenvalue weighted by Gasteiger charge is 1.91. The summed E-state index contributed by atoms with van der Waals surface area (Å²) in [6, 6.07) is 0. The minimum absolute atomic E-state index is 0.278. The van der Waals surface area contributed by atoms with Crippen LogP contribution in [-0.2, 0) is 4.79 Å². The van der Waals surface area contributed by atoms with Gasteiger partial charge in [-0.3, -0.25) is 4.79 Å². The second-order valence-corrected chi connectivity index (χ2v) is 4.50. The summed E-state index contributed by atoms with van der Waals surface area (Å²) in [6.07, 6.45) is 13.3. The van der Waals surface area contributed by atoms with Crippen LogP contribution in [0.1, 0.15) is 71.1 Å². The van der Waals surface area contributed by atoms with Crippen LogP contribution in [0.4, 0.5) is 0 Å². The maximum absolute atomic E-state index is 9.24. The number of carboxylic acids is 1. The summed E-state index contributed by atoms with van der Waals surface area (Å²) < 4.78 is 0. The molecule has 0 aliphatic carbocycles. The number of carboxylic acid groups (broad SMARTS) is 1. The number of unbranched alkanes of at least 4 members (excludes halogenated alkanes) is 9. The Labute approximate surface area is 112 Å².